The van der Waals surface area contributed by atoms with Gasteiger partial charge in [-0.15, -0.1) is 10.2 Å². The van der Waals surface area contributed by atoms with Gasteiger partial charge in [0.15, 0.2) is 5.82 Å². The third-order valence-electron chi connectivity index (χ3n) is 8.53. The Kier molecular flexibility index (Phi) is 24.4. The Morgan fingerprint density at radius 3 is 2.20 bits per heavy atom. The average Bonchev–Trinajstić information content (AvgIpc) is 3.64. The number of hydrogen-bond donors (Lipinski definition) is 3. The zero-order chi connectivity index (χ0) is 44.3. The number of unbranched alkanes of at least 4 members (excludes halogenated alkanes) is 3. The van der Waals surface area contributed by atoms with Crippen molar-refractivity contribution in [2.75, 3.05) is 82.7 Å². The number of carboxylic acids is 1. The number of carboxylic acid groups (broad SMARTS) is 1. The predicted octanol–water partition coefficient (Wildman–Crippen LogP) is 6.53. The molecule has 0 aliphatic rings. The number of hydrogen-bond acceptors (Lipinski definition) is 17. The second-order valence-electron chi connectivity index (χ2n) is 13.1. The van der Waals surface area contributed by atoms with Gasteiger partial charge < -0.3 is 39.6 Å². The summed E-state index contributed by atoms with van der Waals surface area (Å²) in [6, 6.07) is 2.87. The lowest BCUT2D eigenvalue weighted by Crippen LogP contribution is -2.30. The van der Waals surface area contributed by atoms with E-state index in [-0.39, 0.29) is 59.0 Å². The number of nitrogens with one attached hydrogen (secondary N) is 2. The average molecular weight is 862 g/mol. The van der Waals surface area contributed by atoms with Crippen molar-refractivity contribution < 1.29 is 48.3 Å². The van der Waals surface area contributed by atoms with Crippen LogP contribution < -0.4 is 15.5 Å². The molecule has 0 spiro atoms. The Bertz CT molecular complexity index is 1820. The maximum absolute atomic E-state index is 12.2. The first-order valence-corrected chi connectivity index (χ1v) is 20.4. The highest BCUT2D eigenvalue weighted by Crippen LogP contribution is 2.43. The number of azo groups is 1. The summed E-state index contributed by atoms with van der Waals surface area (Å²) in [5.74, 6) is -2.35. The number of rotatable bonds is 32. The van der Waals surface area contributed by atoms with Crippen molar-refractivity contribution >= 4 is 62.1 Å². The Balaban J connectivity index is 1.70. The zero-order valence-electron chi connectivity index (χ0n) is 34.5. The molecule has 3 N–H and O–H groups in total. The van der Waals surface area contributed by atoms with Crippen LogP contribution in [0.4, 0.5) is 33.0 Å². The molecular formula is C38H55N9O12S. The minimum absolute atomic E-state index is 0.0450. The lowest BCUT2D eigenvalue weighted by Gasteiger charge is -2.25. The molecular weight excluding hydrogens is 807 g/mol. The van der Waals surface area contributed by atoms with Crippen LogP contribution in [-0.4, -0.2) is 110 Å². The number of anilines is 2. The number of amides is 2. The van der Waals surface area contributed by atoms with E-state index in [1.165, 1.54) is 6.92 Å². The Labute approximate surface area is 352 Å². The van der Waals surface area contributed by atoms with Gasteiger partial charge in [0.25, 0.3) is 0 Å². The number of carbonyl (C=O) groups is 3. The fourth-order valence-electron chi connectivity index (χ4n) is 5.38. The lowest BCUT2D eigenvalue weighted by atomic mass is 10.0. The number of allylic oxidation sites excluding steroid dienone is 2. The first-order valence-electron chi connectivity index (χ1n) is 19.6. The van der Waals surface area contributed by atoms with Gasteiger partial charge in [-0.25, -0.2) is 4.98 Å². The second kappa shape index (κ2) is 28.9. The molecule has 0 bridgehead atoms. The van der Waals surface area contributed by atoms with E-state index in [9.17, 15) is 45.0 Å². The molecule has 2 aromatic heterocycles. The number of ether oxygens (including phenoxy) is 4. The summed E-state index contributed by atoms with van der Waals surface area (Å²) in [7, 11) is 0. The third-order valence-corrected chi connectivity index (χ3v) is 9.49. The maximum Gasteiger partial charge on any atom is 0.333 e. The minimum atomic E-state index is -0.981. The quantitative estimate of drug-likeness (QED) is 0.0232. The summed E-state index contributed by atoms with van der Waals surface area (Å²) in [4.78, 5) is 63.0. The first-order chi connectivity index (χ1) is 28.8. The van der Waals surface area contributed by atoms with Crippen LogP contribution in [0.15, 0.2) is 28.4 Å². The fourth-order valence-corrected chi connectivity index (χ4v) is 6.14. The molecule has 2 heterocycles. The molecule has 330 valence electrons. The van der Waals surface area contributed by atoms with E-state index in [0.717, 1.165) is 31.7 Å². The third kappa shape index (κ3) is 18.6. The van der Waals surface area contributed by atoms with E-state index in [1.54, 1.807) is 11.8 Å². The van der Waals surface area contributed by atoms with Crippen molar-refractivity contribution in [1.82, 2.24) is 10.3 Å². The molecule has 21 nitrogen and oxygen atoms in total. The van der Waals surface area contributed by atoms with E-state index in [2.05, 4.69) is 38.8 Å². The van der Waals surface area contributed by atoms with Crippen molar-refractivity contribution in [3.05, 3.63) is 49.6 Å². The van der Waals surface area contributed by atoms with E-state index >= 15 is 0 Å². The number of aliphatic carboxylic acids is 1. The van der Waals surface area contributed by atoms with E-state index in [0.29, 0.717) is 83.5 Å². The first kappa shape index (κ1) is 50.7. The zero-order valence-corrected chi connectivity index (χ0v) is 35.3. The number of thiophene rings is 1. The summed E-state index contributed by atoms with van der Waals surface area (Å²) in [5.41, 5.74) is -0.277. The highest BCUT2D eigenvalue weighted by atomic mass is 32.1. The summed E-state index contributed by atoms with van der Waals surface area (Å²) in [6.07, 6.45) is 8.93. The number of nitriles is 1. The molecule has 22 heteroatoms. The number of nitrogens with zero attached hydrogens (tertiary/aromatic N) is 7. The molecule has 0 aliphatic heterocycles. The molecule has 2 aromatic rings. The van der Waals surface area contributed by atoms with Crippen molar-refractivity contribution in [1.29, 1.82) is 5.26 Å². The van der Waals surface area contributed by atoms with Crippen LogP contribution in [0.5, 0.6) is 0 Å². The molecule has 2 rings (SSSR count). The molecule has 0 radical (unpaired) electrons. The van der Waals surface area contributed by atoms with Gasteiger partial charge in [-0.1, -0.05) is 31.9 Å². The Hall–Kier alpha value is -5.47. The highest BCUT2D eigenvalue weighted by Gasteiger charge is 2.27. The van der Waals surface area contributed by atoms with Crippen molar-refractivity contribution in [2.24, 2.45) is 16.1 Å². The number of likely N-dealkylation sites (N-methyl/N-ethyl adjacent to an activating group) is 1. The summed E-state index contributed by atoms with van der Waals surface area (Å²) in [6.45, 7) is 10.5. The molecule has 60 heavy (non-hydrogen) atoms. The van der Waals surface area contributed by atoms with Crippen LogP contribution in [0, 0.1) is 44.4 Å². The van der Waals surface area contributed by atoms with Gasteiger partial charge in [0, 0.05) is 45.1 Å². The van der Waals surface area contributed by atoms with Crippen molar-refractivity contribution in [3.8, 4) is 6.07 Å². The Morgan fingerprint density at radius 2 is 1.63 bits per heavy atom. The van der Waals surface area contributed by atoms with Crippen LogP contribution in [-0.2, 0) is 33.3 Å². The van der Waals surface area contributed by atoms with Crippen LogP contribution in [0.1, 0.15) is 76.8 Å². The van der Waals surface area contributed by atoms with Gasteiger partial charge in [-0.2, -0.15) is 5.26 Å². The Morgan fingerprint density at radius 1 is 0.983 bits per heavy atom. The molecule has 2 amide bonds. The standard InChI is InChI=1S/C38H55N9O12S/c1-5-7-8-9-10-11-13-29(38(50)51)24-32(49)40-14-12-16-56-18-20-58-22-23-59-21-19-57-17-15-45(6-2)36-30(26-39)27(3)34(35(42-36)41-28(4)48)43-44-37-31(46(52)53)25-33(60-37)47(54)55/h10-11,25,29H,5-9,12-24H2,1-4H3,(H,40,49)(H,50,51)(H,41,42,48)/b11-10+,44-43+. The van der Waals surface area contributed by atoms with Crippen LogP contribution in [0.25, 0.3) is 0 Å². The van der Waals surface area contributed by atoms with Crippen LogP contribution in [0.2, 0.25) is 0 Å². The highest BCUT2D eigenvalue weighted by molar-refractivity contribution is 7.19. The maximum atomic E-state index is 12.2. The van der Waals surface area contributed by atoms with Crippen molar-refractivity contribution in [2.45, 2.75) is 72.6 Å². The van der Waals surface area contributed by atoms with Gasteiger partial charge in [-0.3, -0.25) is 34.6 Å². The second-order valence-corrected chi connectivity index (χ2v) is 14.1. The van der Waals surface area contributed by atoms with Gasteiger partial charge in [0.05, 0.1) is 67.6 Å². The topological polar surface area (TPSA) is 283 Å². The smallest absolute Gasteiger partial charge is 0.333 e. The largest absolute Gasteiger partial charge is 0.481 e. The lowest BCUT2D eigenvalue weighted by molar-refractivity contribution is -0.389. The minimum Gasteiger partial charge on any atom is -0.481 e. The predicted molar refractivity (Wildman–Crippen MR) is 222 cm³/mol. The number of aromatic nitrogens is 1. The van der Waals surface area contributed by atoms with Gasteiger partial charge in [0.2, 0.25) is 16.8 Å². The normalized spacial score (nSPS) is 11.8. The van der Waals surface area contributed by atoms with Gasteiger partial charge in [-0.05, 0) is 50.9 Å². The summed E-state index contributed by atoms with van der Waals surface area (Å²) < 4.78 is 22.3. The SMILES string of the molecule is CCCCC/C=C/CC(CC(=O)NCCCOCCOCCOCCOCCN(CC)c1nc(NC(C)=O)c(/N=N/c2sc([N+](=O)[O-])cc2[N+](=O)[O-])c(C)c1C#N)C(=O)O. The molecule has 1 unspecified atom stereocenters. The molecule has 0 aliphatic carbocycles. The molecule has 0 fully saturated rings. The van der Waals surface area contributed by atoms with E-state index in [4.69, 9.17) is 18.9 Å². The van der Waals surface area contributed by atoms with Gasteiger partial charge in [0.1, 0.15) is 23.6 Å². The number of pyridine rings is 1. The van der Waals surface area contributed by atoms with Gasteiger partial charge >= 0.3 is 16.7 Å². The number of carbonyl (C=O) groups excluding carboxylic acids is 2. The number of nitro groups is 2. The van der Waals surface area contributed by atoms with Crippen LogP contribution in [0.3, 0.4) is 0 Å². The molecule has 0 saturated heterocycles. The summed E-state index contributed by atoms with van der Waals surface area (Å²) >= 11 is 0.454. The van der Waals surface area contributed by atoms with Crippen molar-refractivity contribution in [3.63, 3.8) is 0 Å². The molecule has 0 aromatic carbocycles. The molecule has 1 atom stereocenters. The van der Waals surface area contributed by atoms with E-state index in [1.807, 2.05) is 19.1 Å². The monoisotopic (exact) mass is 861 g/mol. The fraction of sp³-hybridized carbons (Fsp3) is 0.605. The van der Waals surface area contributed by atoms with E-state index < -0.39 is 38.3 Å². The molecule has 0 saturated carbocycles. The van der Waals surface area contributed by atoms with Crippen LogP contribution >= 0.6 is 11.3 Å². The summed E-state index contributed by atoms with van der Waals surface area (Å²) in [5, 5.41) is 54.5.